The van der Waals surface area contributed by atoms with Gasteiger partial charge in [-0.1, -0.05) is 5.21 Å². The molecule has 0 atom stereocenters. The van der Waals surface area contributed by atoms with Crippen LogP contribution in [0.4, 0.5) is 0 Å². The normalized spacial score (nSPS) is 18.4. The molecule has 1 aromatic rings. The van der Waals surface area contributed by atoms with Gasteiger partial charge >= 0.3 is 5.97 Å². The Morgan fingerprint density at radius 3 is 2.76 bits per heavy atom. The highest BCUT2D eigenvalue weighted by molar-refractivity contribution is 5.78. The molecule has 7 nitrogen and oxygen atoms in total. The van der Waals surface area contributed by atoms with Crippen molar-refractivity contribution in [3.05, 3.63) is 11.9 Å². The van der Waals surface area contributed by atoms with E-state index in [1.54, 1.807) is 4.90 Å². The van der Waals surface area contributed by atoms with Crippen molar-refractivity contribution in [2.75, 3.05) is 20.2 Å². The van der Waals surface area contributed by atoms with Crippen molar-refractivity contribution in [3.63, 3.8) is 0 Å². The Morgan fingerprint density at radius 2 is 2.10 bits per heavy atom. The number of esters is 1. The first kappa shape index (κ1) is 14.0. The second-order valence-corrected chi connectivity index (χ2v) is 5.78. The summed E-state index contributed by atoms with van der Waals surface area (Å²) in [5.74, 6) is 0.437. The van der Waals surface area contributed by atoms with Gasteiger partial charge in [0.15, 0.2) is 0 Å². The van der Waals surface area contributed by atoms with Crippen molar-refractivity contribution < 1.29 is 14.3 Å². The van der Waals surface area contributed by atoms with Gasteiger partial charge in [0.2, 0.25) is 5.91 Å². The maximum atomic E-state index is 11.9. The molecule has 2 fully saturated rings. The average Bonchev–Trinajstić information content (AvgIpc) is 3.17. The zero-order valence-electron chi connectivity index (χ0n) is 12.2. The lowest BCUT2D eigenvalue weighted by Gasteiger charge is -2.38. The van der Waals surface area contributed by atoms with Crippen LogP contribution in [-0.4, -0.2) is 52.0 Å². The fourth-order valence-corrected chi connectivity index (χ4v) is 2.51. The van der Waals surface area contributed by atoms with Crippen molar-refractivity contribution in [3.8, 4) is 0 Å². The number of ether oxygens (including phenoxy) is 1. The number of carbonyl (C=O) groups excluding carboxylic acids is 2. The van der Waals surface area contributed by atoms with Gasteiger partial charge in [-0.3, -0.25) is 9.59 Å². The number of nitrogens with zero attached hydrogens (tertiary/aromatic N) is 4. The molecule has 3 rings (SSSR count). The van der Waals surface area contributed by atoms with Gasteiger partial charge in [0.25, 0.3) is 0 Å². The van der Waals surface area contributed by atoms with Gasteiger partial charge in [0.05, 0.1) is 18.8 Å². The third-order valence-electron chi connectivity index (χ3n) is 4.11. The predicted molar refractivity (Wildman–Crippen MR) is 73.5 cm³/mol. The van der Waals surface area contributed by atoms with Crippen LogP contribution in [-0.2, 0) is 14.3 Å². The molecule has 7 heteroatoms. The Hall–Kier alpha value is -1.92. The number of methoxy groups -OCH3 is 1. The van der Waals surface area contributed by atoms with Gasteiger partial charge in [-0.05, 0) is 19.3 Å². The summed E-state index contributed by atoms with van der Waals surface area (Å²) in [5.41, 5.74) is 1.08. The topological polar surface area (TPSA) is 77.3 Å². The Bertz CT molecular complexity index is 532. The highest BCUT2D eigenvalue weighted by Gasteiger charge is 2.34. The predicted octanol–water partition coefficient (Wildman–Crippen LogP) is 0.882. The summed E-state index contributed by atoms with van der Waals surface area (Å²) in [7, 11) is 1.36. The summed E-state index contributed by atoms with van der Waals surface area (Å²) in [6.45, 7) is 1.37. The maximum absolute atomic E-state index is 11.9. The molecule has 0 N–H and O–H groups in total. The minimum atomic E-state index is -0.264. The second kappa shape index (κ2) is 5.83. The molecule has 2 aliphatic rings. The van der Waals surface area contributed by atoms with Crippen LogP contribution in [0.2, 0.25) is 0 Å². The van der Waals surface area contributed by atoms with E-state index in [1.807, 2.05) is 10.9 Å². The van der Waals surface area contributed by atoms with Crippen molar-refractivity contribution >= 4 is 11.9 Å². The molecule has 21 heavy (non-hydrogen) atoms. The van der Waals surface area contributed by atoms with Crippen LogP contribution < -0.4 is 0 Å². The molecule has 0 radical (unpaired) electrons. The summed E-state index contributed by atoms with van der Waals surface area (Å²) < 4.78 is 6.43. The van der Waals surface area contributed by atoms with Gasteiger partial charge in [0, 0.05) is 38.0 Å². The molecule has 1 aliphatic carbocycles. The zero-order chi connectivity index (χ0) is 14.8. The summed E-state index contributed by atoms with van der Waals surface area (Å²) in [6, 6.07) is 0.245. The first-order chi connectivity index (χ1) is 10.2. The monoisotopic (exact) mass is 292 g/mol. The third-order valence-corrected chi connectivity index (χ3v) is 4.11. The van der Waals surface area contributed by atoms with Gasteiger partial charge in [-0.2, -0.15) is 0 Å². The van der Waals surface area contributed by atoms with Crippen LogP contribution in [0.25, 0.3) is 0 Å². The number of hydrogen-bond acceptors (Lipinski definition) is 5. The van der Waals surface area contributed by atoms with Crippen molar-refractivity contribution in [2.45, 2.75) is 44.1 Å². The van der Waals surface area contributed by atoms with Crippen LogP contribution in [0.5, 0.6) is 0 Å². The number of likely N-dealkylation sites (tertiary alicyclic amines) is 1. The minimum Gasteiger partial charge on any atom is -0.469 e. The van der Waals surface area contributed by atoms with Gasteiger partial charge in [-0.15, -0.1) is 5.10 Å². The van der Waals surface area contributed by atoms with E-state index in [4.69, 9.17) is 0 Å². The SMILES string of the molecule is COC(=O)CCCC(=O)N1CC(n2cc(C3CC3)nn2)C1. The smallest absolute Gasteiger partial charge is 0.305 e. The molecule has 1 saturated carbocycles. The fourth-order valence-electron chi connectivity index (χ4n) is 2.51. The van der Waals surface area contributed by atoms with E-state index < -0.39 is 0 Å². The Kier molecular flexibility index (Phi) is 3.90. The van der Waals surface area contributed by atoms with Crippen LogP contribution in [0.15, 0.2) is 6.20 Å². The quantitative estimate of drug-likeness (QED) is 0.727. The number of carbonyl (C=O) groups is 2. The van der Waals surface area contributed by atoms with Crippen LogP contribution in [0, 0.1) is 0 Å². The van der Waals surface area contributed by atoms with E-state index in [9.17, 15) is 9.59 Å². The van der Waals surface area contributed by atoms with Crippen molar-refractivity contribution in [2.24, 2.45) is 0 Å². The van der Waals surface area contributed by atoms with Crippen molar-refractivity contribution in [1.29, 1.82) is 0 Å². The van der Waals surface area contributed by atoms with E-state index in [0.717, 1.165) is 5.69 Å². The first-order valence-corrected chi connectivity index (χ1v) is 7.43. The van der Waals surface area contributed by atoms with Gasteiger partial charge < -0.3 is 9.64 Å². The van der Waals surface area contributed by atoms with E-state index >= 15 is 0 Å². The standard InChI is InChI=1S/C14H20N4O3/c1-21-14(20)4-2-3-13(19)17-7-11(8-17)18-9-12(15-16-18)10-5-6-10/h9-11H,2-8H2,1H3. The molecule has 1 saturated heterocycles. The largest absolute Gasteiger partial charge is 0.469 e. The number of rotatable bonds is 6. The highest BCUT2D eigenvalue weighted by Crippen LogP contribution is 2.39. The molecule has 114 valence electrons. The molecule has 1 aliphatic heterocycles. The summed E-state index contributed by atoms with van der Waals surface area (Å²) >= 11 is 0. The summed E-state index contributed by atoms with van der Waals surface area (Å²) in [5, 5.41) is 8.34. The Labute approximate surface area is 123 Å². The lowest BCUT2D eigenvalue weighted by molar-refractivity contribution is -0.141. The highest BCUT2D eigenvalue weighted by atomic mass is 16.5. The number of amides is 1. The molecule has 0 spiro atoms. The fraction of sp³-hybridized carbons (Fsp3) is 0.714. The van der Waals surface area contributed by atoms with E-state index in [1.165, 1.54) is 20.0 Å². The molecule has 2 heterocycles. The minimum absolute atomic E-state index is 0.0951. The Morgan fingerprint density at radius 1 is 1.33 bits per heavy atom. The van der Waals surface area contributed by atoms with Crippen LogP contribution >= 0.6 is 0 Å². The van der Waals surface area contributed by atoms with Gasteiger partial charge in [0.1, 0.15) is 0 Å². The summed E-state index contributed by atoms with van der Waals surface area (Å²) in [6.07, 6.45) is 5.69. The maximum Gasteiger partial charge on any atom is 0.305 e. The third kappa shape index (κ3) is 3.22. The molecule has 0 unspecified atom stereocenters. The van der Waals surface area contributed by atoms with E-state index in [2.05, 4.69) is 15.0 Å². The zero-order valence-corrected chi connectivity index (χ0v) is 12.2. The van der Waals surface area contributed by atoms with Gasteiger partial charge in [-0.25, -0.2) is 4.68 Å². The summed E-state index contributed by atoms with van der Waals surface area (Å²) in [4.78, 5) is 24.7. The Balaban J connectivity index is 1.40. The number of hydrogen-bond donors (Lipinski definition) is 0. The van der Waals surface area contributed by atoms with Crippen LogP contribution in [0.1, 0.15) is 49.8 Å². The number of aromatic nitrogens is 3. The average molecular weight is 292 g/mol. The van der Waals surface area contributed by atoms with E-state index in [0.29, 0.717) is 38.3 Å². The van der Waals surface area contributed by atoms with Crippen LogP contribution in [0.3, 0.4) is 0 Å². The molecule has 1 amide bonds. The molecule has 1 aromatic heterocycles. The first-order valence-electron chi connectivity index (χ1n) is 7.43. The van der Waals surface area contributed by atoms with Crippen molar-refractivity contribution in [1.82, 2.24) is 19.9 Å². The second-order valence-electron chi connectivity index (χ2n) is 5.78. The molecular weight excluding hydrogens is 272 g/mol. The molecule has 0 aromatic carbocycles. The molecule has 0 bridgehead atoms. The lowest BCUT2D eigenvalue weighted by atomic mass is 10.1. The molecular formula is C14H20N4O3. The van der Waals surface area contributed by atoms with E-state index in [-0.39, 0.29) is 17.9 Å². The lowest BCUT2D eigenvalue weighted by Crippen LogP contribution is -2.50.